The maximum Gasteiger partial charge on any atom is 0.270 e. The van der Waals surface area contributed by atoms with Gasteiger partial charge in [0.05, 0.1) is 5.39 Å². The Bertz CT molecular complexity index is 1610. The van der Waals surface area contributed by atoms with Crippen LogP contribution in [0.1, 0.15) is 46.1 Å². The van der Waals surface area contributed by atoms with Crippen molar-refractivity contribution in [3.8, 4) is 11.8 Å². The Morgan fingerprint density at radius 3 is 2.77 bits per heavy atom. The fraction of sp³-hybridized carbons (Fsp3) is 0.310. The van der Waals surface area contributed by atoms with E-state index < -0.39 is 11.8 Å². The lowest BCUT2D eigenvalue weighted by atomic mass is 10.0. The molecule has 2 aromatic carbocycles. The molecule has 1 aliphatic rings. The van der Waals surface area contributed by atoms with Crippen LogP contribution in [0.4, 0.5) is 20.3 Å². The molecule has 1 saturated heterocycles. The Morgan fingerprint density at radius 1 is 1.21 bits per heavy atom. The Morgan fingerprint density at radius 2 is 2.03 bits per heavy atom. The third-order valence-electron chi connectivity index (χ3n) is 6.92. The van der Waals surface area contributed by atoms with Crippen molar-refractivity contribution in [3.05, 3.63) is 76.7 Å². The van der Waals surface area contributed by atoms with E-state index in [1.807, 2.05) is 11.6 Å². The minimum absolute atomic E-state index is 0.175. The first-order valence-corrected chi connectivity index (χ1v) is 12.7. The summed E-state index contributed by atoms with van der Waals surface area (Å²) in [6.45, 7) is 5.45. The molecular formula is C29H29F2N7O. The van der Waals surface area contributed by atoms with Crippen LogP contribution >= 0.6 is 0 Å². The molecule has 1 atom stereocenters. The number of benzene rings is 2. The number of aromatic nitrogens is 4. The zero-order chi connectivity index (χ0) is 27.7. The van der Waals surface area contributed by atoms with E-state index in [1.54, 1.807) is 24.3 Å². The van der Waals surface area contributed by atoms with Gasteiger partial charge in [-0.1, -0.05) is 24.1 Å². The summed E-state index contributed by atoms with van der Waals surface area (Å²) >= 11 is 0. The predicted octanol–water partition coefficient (Wildman–Crippen LogP) is 4.43. The largest absolute Gasteiger partial charge is 0.383 e. The van der Waals surface area contributed by atoms with E-state index in [-0.39, 0.29) is 11.3 Å². The van der Waals surface area contributed by atoms with E-state index in [2.05, 4.69) is 39.1 Å². The normalized spacial score (nSPS) is 15.8. The van der Waals surface area contributed by atoms with Crippen LogP contribution in [0.25, 0.3) is 11.0 Å². The highest BCUT2D eigenvalue weighted by molar-refractivity contribution is 6.04. The van der Waals surface area contributed by atoms with Crippen molar-refractivity contribution in [2.24, 2.45) is 5.92 Å². The predicted molar refractivity (Wildman–Crippen MR) is 146 cm³/mol. The second-order valence-electron chi connectivity index (χ2n) is 10.1. The summed E-state index contributed by atoms with van der Waals surface area (Å²) in [7, 11) is 2.11. The lowest BCUT2D eigenvalue weighted by Gasteiger charge is -2.13. The maximum atomic E-state index is 13.7. The van der Waals surface area contributed by atoms with E-state index in [4.69, 9.17) is 10.8 Å². The lowest BCUT2D eigenvalue weighted by Crippen LogP contribution is -2.17. The zero-order valence-electron chi connectivity index (χ0n) is 22.0. The summed E-state index contributed by atoms with van der Waals surface area (Å²) in [5, 5.41) is 8.02. The van der Waals surface area contributed by atoms with E-state index >= 15 is 0 Å². The quantitative estimate of drug-likeness (QED) is 0.371. The molecule has 1 aliphatic heterocycles. The van der Waals surface area contributed by atoms with Crippen LogP contribution in [0.2, 0.25) is 0 Å². The smallest absolute Gasteiger partial charge is 0.270 e. The van der Waals surface area contributed by atoms with E-state index in [0.717, 1.165) is 32.0 Å². The molecule has 8 nitrogen and oxygen atoms in total. The second-order valence-corrected chi connectivity index (χ2v) is 10.1. The first-order chi connectivity index (χ1) is 18.6. The van der Waals surface area contributed by atoms with E-state index in [1.165, 1.54) is 24.5 Å². The van der Waals surface area contributed by atoms with Crippen LogP contribution in [-0.4, -0.2) is 50.7 Å². The molecule has 0 aliphatic carbocycles. The summed E-state index contributed by atoms with van der Waals surface area (Å²) < 4.78 is 29.3. The van der Waals surface area contributed by atoms with Gasteiger partial charge in [-0.2, -0.15) is 5.10 Å². The number of carbonyl (C=O) groups excluding carboxylic acids is 1. The van der Waals surface area contributed by atoms with Gasteiger partial charge in [0.25, 0.3) is 11.8 Å². The number of aryl methyl sites for hydroxylation is 1. The standard InChI is InChI=1S/C29H29F2N7O/c1-18-7-8-21(28(39)35-23-6-4-5-22(14-23)29(2,30)31)13-20(18)9-10-24-25-26(32)33-17-34-27(25)38(36-24)16-19-11-12-37(3)15-19/h4-8,13-14,17,19H,11-12,15-16H2,1-3H3,(H,35,39)(H2,32,33,34). The average molecular weight is 530 g/mol. The first-order valence-electron chi connectivity index (χ1n) is 12.7. The molecule has 1 fully saturated rings. The number of alkyl halides is 2. The second kappa shape index (κ2) is 10.4. The molecule has 200 valence electrons. The number of nitrogen functional groups attached to an aromatic ring is 1. The van der Waals surface area contributed by atoms with Gasteiger partial charge in [-0.3, -0.25) is 4.79 Å². The van der Waals surface area contributed by atoms with E-state index in [9.17, 15) is 13.6 Å². The number of carbonyl (C=O) groups is 1. The van der Waals surface area contributed by atoms with Crippen molar-refractivity contribution in [3.63, 3.8) is 0 Å². The van der Waals surface area contributed by atoms with Gasteiger partial charge >= 0.3 is 0 Å². The summed E-state index contributed by atoms with van der Waals surface area (Å²) in [4.78, 5) is 23.8. The number of fused-ring (bicyclic) bond motifs is 1. The Balaban J connectivity index is 1.42. The van der Waals surface area contributed by atoms with Crippen molar-refractivity contribution < 1.29 is 13.6 Å². The Hall–Kier alpha value is -4.36. The highest BCUT2D eigenvalue weighted by Crippen LogP contribution is 2.29. The molecule has 10 heteroatoms. The first kappa shape index (κ1) is 26.3. The molecule has 3 N–H and O–H groups in total. The van der Waals surface area contributed by atoms with Crippen LogP contribution < -0.4 is 11.1 Å². The van der Waals surface area contributed by atoms with Gasteiger partial charge in [-0.05, 0) is 68.6 Å². The molecule has 39 heavy (non-hydrogen) atoms. The maximum absolute atomic E-state index is 13.7. The molecule has 0 bridgehead atoms. The van der Waals surface area contributed by atoms with Gasteiger partial charge in [0.2, 0.25) is 0 Å². The molecule has 3 heterocycles. The summed E-state index contributed by atoms with van der Waals surface area (Å²) in [6.07, 6.45) is 2.51. The number of hydrogen-bond donors (Lipinski definition) is 2. The van der Waals surface area contributed by atoms with Crippen LogP contribution in [-0.2, 0) is 12.5 Å². The fourth-order valence-electron chi connectivity index (χ4n) is 4.76. The molecule has 4 aromatic rings. The number of hydrogen-bond acceptors (Lipinski definition) is 6. The fourth-order valence-corrected chi connectivity index (χ4v) is 4.76. The number of rotatable bonds is 5. The topological polar surface area (TPSA) is 102 Å². The summed E-state index contributed by atoms with van der Waals surface area (Å²) in [5.74, 6) is 3.57. The molecule has 1 amide bonds. The number of anilines is 2. The molecule has 0 radical (unpaired) electrons. The molecule has 0 spiro atoms. The van der Waals surface area contributed by atoms with Gasteiger partial charge in [0.15, 0.2) is 5.65 Å². The minimum Gasteiger partial charge on any atom is -0.383 e. The number of amides is 1. The van der Waals surface area contributed by atoms with Crippen molar-refractivity contribution in [1.82, 2.24) is 24.6 Å². The van der Waals surface area contributed by atoms with Gasteiger partial charge in [0.1, 0.15) is 17.8 Å². The molecular weight excluding hydrogens is 500 g/mol. The monoisotopic (exact) mass is 529 g/mol. The van der Waals surface area contributed by atoms with Crippen molar-refractivity contribution in [1.29, 1.82) is 0 Å². The van der Waals surface area contributed by atoms with Crippen LogP contribution in [0, 0.1) is 24.7 Å². The Kier molecular flexibility index (Phi) is 7.02. The minimum atomic E-state index is -3.01. The van der Waals surface area contributed by atoms with Crippen LogP contribution in [0.15, 0.2) is 48.8 Å². The van der Waals surface area contributed by atoms with Gasteiger partial charge in [-0.25, -0.2) is 23.4 Å². The number of halogens is 2. The summed E-state index contributed by atoms with van der Waals surface area (Å²) in [6, 6.07) is 10.8. The van der Waals surface area contributed by atoms with Gasteiger partial charge in [0, 0.05) is 42.4 Å². The zero-order valence-corrected chi connectivity index (χ0v) is 22.0. The van der Waals surface area contributed by atoms with E-state index in [0.29, 0.717) is 46.1 Å². The SMILES string of the molecule is Cc1ccc(C(=O)Nc2cccc(C(C)(F)F)c2)cc1C#Cc1nn(CC2CCN(C)C2)c2ncnc(N)c12. The van der Waals surface area contributed by atoms with Gasteiger partial charge < -0.3 is 16.0 Å². The highest BCUT2D eigenvalue weighted by atomic mass is 19.3. The number of likely N-dealkylation sites (tertiary alicyclic amines) is 1. The number of nitrogens with two attached hydrogens (primary N) is 1. The van der Waals surface area contributed by atoms with Gasteiger partial charge in [-0.15, -0.1) is 0 Å². The lowest BCUT2D eigenvalue weighted by molar-refractivity contribution is 0.0175. The van der Waals surface area contributed by atoms with Crippen LogP contribution in [0.3, 0.4) is 0 Å². The van der Waals surface area contributed by atoms with Crippen LogP contribution in [0.5, 0.6) is 0 Å². The molecule has 0 saturated carbocycles. The summed E-state index contributed by atoms with van der Waals surface area (Å²) in [5.41, 5.74) is 9.27. The number of nitrogens with zero attached hydrogens (tertiary/aromatic N) is 5. The molecule has 5 rings (SSSR count). The number of nitrogens with one attached hydrogen (secondary N) is 1. The van der Waals surface area contributed by atoms with Crippen molar-refractivity contribution >= 4 is 28.4 Å². The van der Waals surface area contributed by atoms with Crippen molar-refractivity contribution in [2.75, 3.05) is 31.2 Å². The highest BCUT2D eigenvalue weighted by Gasteiger charge is 2.25. The Labute approximate surface area is 225 Å². The van der Waals surface area contributed by atoms with Crippen molar-refractivity contribution in [2.45, 2.75) is 32.7 Å². The third-order valence-corrected chi connectivity index (χ3v) is 6.92. The molecule has 2 aromatic heterocycles. The average Bonchev–Trinajstić information content (AvgIpc) is 3.46. The molecule has 1 unspecified atom stereocenters. The third kappa shape index (κ3) is 5.73.